The Bertz CT molecular complexity index is 922. The van der Waals surface area contributed by atoms with Crippen molar-refractivity contribution in [3.63, 3.8) is 0 Å². The molecule has 0 saturated heterocycles. The highest BCUT2D eigenvalue weighted by Gasteiger charge is 2.28. The summed E-state index contributed by atoms with van der Waals surface area (Å²) in [4.78, 5) is 12.8. The Morgan fingerprint density at radius 3 is 2.21 bits per heavy atom. The molecule has 0 aliphatic carbocycles. The molecule has 0 radical (unpaired) electrons. The molecular weight excluding hydrogens is 368 g/mol. The molecule has 0 fully saturated rings. The first kappa shape index (κ1) is 20.6. The van der Waals surface area contributed by atoms with E-state index in [4.69, 9.17) is 9.47 Å². The van der Waals surface area contributed by atoms with Crippen LogP contribution in [0.4, 0.5) is 0 Å². The summed E-state index contributed by atoms with van der Waals surface area (Å²) in [5.74, 6) is 0.415. The van der Waals surface area contributed by atoms with Crippen LogP contribution in [0.1, 0.15) is 34.5 Å². The fraction of sp³-hybridized carbons (Fsp3) is 0.208. The number of ether oxygens (including phenoxy) is 2. The number of para-hydroxylation sites is 1. The molecule has 0 aliphatic rings. The van der Waals surface area contributed by atoms with Gasteiger partial charge < -0.3 is 19.7 Å². The zero-order chi connectivity index (χ0) is 20.6. The van der Waals surface area contributed by atoms with E-state index in [2.05, 4.69) is 0 Å². The van der Waals surface area contributed by atoms with E-state index in [0.29, 0.717) is 30.3 Å². The third kappa shape index (κ3) is 5.22. The van der Waals surface area contributed by atoms with Crippen LogP contribution in [0.2, 0.25) is 0 Å². The fourth-order valence-corrected chi connectivity index (χ4v) is 2.94. The molecule has 5 heteroatoms. The smallest absolute Gasteiger partial charge is 0.198 e. The van der Waals surface area contributed by atoms with Crippen LogP contribution in [0.15, 0.2) is 78.9 Å². The van der Waals surface area contributed by atoms with E-state index in [0.717, 1.165) is 5.56 Å². The maximum absolute atomic E-state index is 12.8. The van der Waals surface area contributed by atoms with E-state index in [1.54, 1.807) is 48.5 Å². The van der Waals surface area contributed by atoms with Gasteiger partial charge in [0.15, 0.2) is 5.78 Å². The molecule has 3 aromatic rings. The van der Waals surface area contributed by atoms with Crippen LogP contribution in [0.3, 0.4) is 0 Å². The first-order chi connectivity index (χ1) is 14.1. The van der Waals surface area contributed by atoms with Crippen molar-refractivity contribution in [2.45, 2.75) is 25.7 Å². The van der Waals surface area contributed by atoms with Gasteiger partial charge in [-0.1, -0.05) is 54.6 Å². The van der Waals surface area contributed by atoms with Crippen LogP contribution < -0.4 is 9.47 Å². The molecule has 29 heavy (non-hydrogen) atoms. The summed E-state index contributed by atoms with van der Waals surface area (Å²) in [5, 5.41) is 21.0. The molecule has 0 amide bonds. The van der Waals surface area contributed by atoms with Gasteiger partial charge in [0.1, 0.15) is 30.3 Å². The second kappa shape index (κ2) is 9.87. The van der Waals surface area contributed by atoms with Crippen molar-refractivity contribution < 1.29 is 24.5 Å². The average molecular weight is 392 g/mol. The van der Waals surface area contributed by atoms with E-state index in [1.165, 1.54) is 0 Å². The Hall–Kier alpha value is -3.15. The van der Waals surface area contributed by atoms with Crippen molar-refractivity contribution >= 4 is 5.78 Å². The topological polar surface area (TPSA) is 76.0 Å². The maximum atomic E-state index is 12.8. The summed E-state index contributed by atoms with van der Waals surface area (Å²) in [5.41, 5.74) is 1.61. The van der Waals surface area contributed by atoms with Crippen molar-refractivity contribution in [1.82, 2.24) is 0 Å². The van der Waals surface area contributed by atoms with Gasteiger partial charge in [0.2, 0.25) is 0 Å². The fourth-order valence-electron chi connectivity index (χ4n) is 2.94. The number of hydrogen-bond acceptors (Lipinski definition) is 5. The summed E-state index contributed by atoms with van der Waals surface area (Å²) < 4.78 is 11.2. The van der Waals surface area contributed by atoms with E-state index in [1.807, 2.05) is 37.3 Å². The van der Waals surface area contributed by atoms with E-state index in [-0.39, 0.29) is 5.56 Å². The molecule has 2 unspecified atom stereocenters. The predicted molar refractivity (Wildman–Crippen MR) is 110 cm³/mol. The second-order valence-electron chi connectivity index (χ2n) is 6.53. The lowest BCUT2D eigenvalue weighted by Gasteiger charge is -2.19. The predicted octanol–water partition coefficient (Wildman–Crippen LogP) is 3.94. The summed E-state index contributed by atoms with van der Waals surface area (Å²) in [6, 6.07) is 22.9. The van der Waals surface area contributed by atoms with Crippen LogP contribution in [0.25, 0.3) is 0 Å². The number of carbonyl (C=O) groups is 1. The lowest BCUT2D eigenvalue weighted by Crippen LogP contribution is -2.28. The zero-order valence-corrected chi connectivity index (χ0v) is 16.2. The van der Waals surface area contributed by atoms with Crippen molar-refractivity contribution in [3.05, 3.63) is 95.6 Å². The summed E-state index contributed by atoms with van der Waals surface area (Å²) >= 11 is 0. The zero-order valence-electron chi connectivity index (χ0n) is 16.2. The SMILES string of the molecule is CCOc1ccc(C(O)C(O)C(=O)c2ccccc2OCc2ccccc2)cc1. The van der Waals surface area contributed by atoms with E-state index in [9.17, 15) is 15.0 Å². The summed E-state index contributed by atoms with van der Waals surface area (Å²) in [6.45, 7) is 2.70. The van der Waals surface area contributed by atoms with Gasteiger partial charge in [-0.15, -0.1) is 0 Å². The average Bonchev–Trinajstić information content (AvgIpc) is 2.78. The molecule has 0 aliphatic heterocycles. The molecule has 0 saturated carbocycles. The second-order valence-corrected chi connectivity index (χ2v) is 6.53. The van der Waals surface area contributed by atoms with Crippen molar-refractivity contribution in [3.8, 4) is 11.5 Å². The van der Waals surface area contributed by atoms with Crippen LogP contribution in [-0.2, 0) is 6.61 Å². The van der Waals surface area contributed by atoms with Crippen LogP contribution in [0.5, 0.6) is 11.5 Å². The molecule has 0 bridgehead atoms. The number of carbonyl (C=O) groups excluding carboxylic acids is 1. The van der Waals surface area contributed by atoms with Crippen LogP contribution >= 0.6 is 0 Å². The maximum Gasteiger partial charge on any atom is 0.198 e. The molecule has 3 aromatic carbocycles. The Morgan fingerprint density at radius 2 is 1.52 bits per heavy atom. The Kier molecular flexibility index (Phi) is 7.00. The molecule has 2 atom stereocenters. The number of Topliss-reactive ketones (excluding diaryl/α,β-unsaturated/α-hetero) is 1. The normalized spacial score (nSPS) is 12.8. The van der Waals surface area contributed by atoms with Gasteiger partial charge in [0.25, 0.3) is 0 Å². The molecule has 0 spiro atoms. The molecule has 150 valence electrons. The lowest BCUT2D eigenvalue weighted by molar-refractivity contribution is 0.0201. The number of aliphatic hydroxyl groups excluding tert-OH is 2. The van der Waals surface area contributed by atoms with Crippen molar-refractivity contribution in [2.24, 2.45) is 0 Å². The van der Waals surface area contributed by atoms with Gasteiger partial charge in [0.05, 0.1) is 12.2 Å². The van der Waals surface area contributed by atoms with Gasteiger partial charge in [0, 0.05) is 0 Å². The largest absolute Gasteiger partial charge is 0.494 e. The van der Waals surface area contributed by atoms with Crippen LogP contribution in [-0.4, -0.2) is 28.7 Å². The third-order valence-electron chi connectivity index (χ3n) is 4.49. The number of aliphatic hydroxyl groups is 2. The Morgan fingerprint density at radius 1 is 0.862 bits per heavy atom. The summed E-state index contributed by atoms with van der Waals surface area (Å²) in [7, 11) is 0. The number of ketones is 1. The molecular formula is C24H24O5. The van der Waals surface area contributed by atoms with E-state index >= 15 is 0 Å². The van der Waals surface area contributed by atoms with Gasteiger partial charge in [-0.3, -0.25) is 4.79 Å². The van der Waals surface area contributed by atoms with Crippen molar-refractivity contribution in [2.75, 3.05) is 6.61 Å². The number of rotatable bonds is 9. The Balaban J connectivity index is 1.73. The molecule has 3 rings (SSSR count). The van der Waals surface area contributed by atoms with Gasteiger partial charge in [-0.25, -0.2) is 0 Å². The van der Waals surface area contributed by atoms with Crippen molar-refractivity contribution in [1.29, 1.82) is 0 Å². The van der Waals surface area contributed by atoms with Gasteiger partial charge in [-0.2, -0.15) is 0 Å². The highest BCUT2D eigenvalue weighted by molar-refractivity contribution is 6.02. The highest BCUT2D eigenvalue weighted by atomic mass is 16.5. The molecule has 0 aromatic heterocycles. The first-order valence-corrected chi connectivity index (χ1v) is 9.49. The minimum absolute atomic E-state index is 0.223. The molecule has 0 heterocycles. The van der Waals surface area contributed by atoms with E-state index < -0.39 is 18.0 Å². The van der Waals surface area contributed by atoms with Gasteiger partial charge in [-0.05, 0) is 42.3 Å². The standard InChI is InChI=1S/C24H24O5/c1-2-28-19-14-12-18(13-15-19)22(25)24(27)23(26)20-10-6-7-11-21(20)29-16-17-8-4-3-5-9-17/h3-15,22,24-25,27H,2,16H2,1H3. The van der Waals surface area contributed by atoms with Gasteiger partial charge >= 0.3 is 0 Å². The number of benzene rings is 3. The molecule has 5 nitrogen and oxygen atoms in total. The monoisotopic (exact) mass is 392 g/mol. The summed E-state index contributed by atoms with van der Waals surface area (Å²) in [6.07, 6.45) is -2.98. The first-order valence-electron chi connectivity index (χ1n) is 9.49. The number of hydrogen-bond donors (Lipinski definition) is 2. The highest BCUT2D eigenvalue weighted by Crippen LogP contribution is 2.26. The minimum Gasteiger partial charge on any atom is -0.494 e. The minimum atomic E-state index is -1.62. The van der Waals surface area contributed by atoms with Crippen LogP contribution in [0, 0.1) is 0 Å². The quantitative estimate of drug-likeness (QED) is 0.540. The Labute approximate surface area is 170 Å². The lowest BCUT2D eigenvalue weighted by atomic mass is 9.96. The third-order valence-corrected chi connectivity index (χ3v) is 4.49. The molecule has 2 N–H and O–H groups in total.